The Morgan fingerprint density at radius 1 is 1.45 bits per heavy atom. The van der Waals surface area contributed by atoms with Crippen LogP contribution < -0.4 is 5.73 Å². The highest BCUT2D eigenvalue weighted by atomic mass is 35.5. The summed E-state index contributed by atoms with van der Waals surface area (Å²) in [7, 11) is 0. The minimum Gasteiger partial charge on any atom is -0.325 e. The predicted octanol–water partition coefficient (Wildman–Crippen LogP) is 4.96. The van der Waals surface area contributed by atoms with Gasteiger partial charge < -0.3 is 5.73 Å². The van der Waals surface area contributed by atoms with E-state index in [-0.39, 0.29) is 11.4 Å². The normalized spacial score (nSPS) is 27.0. The third-order valence-corrected chi connectivity index (χ3v) is 4.57. The molecule has 0 saturated heterocycles. The highest BCUT2D eigenvalue weighted by Gasteiger charge is 2.33. The minimum absolute atomic E-state index is 0.190. The molecule has 2 rings (SSSR count). The van der Waals surface area contributed by atoms with Crippen LogP contribution in [-0.4, -0.2) is 5.54 Å². The van der Waals surface area contributed by atoms with Crippen LogP contribution in [0.15, 0.2) is 18.2 Å². The lowest BCUT2D eigenvalue weighted by molar-refractivity contribution is 0.199. The maximum Gasteiger partial charge on any atom is 0.126 e. The van der Waals surface area contributed by atoms with Crippen molar-refractivity contribution in [2.24, 2.45) is 17.6 Å². The first-order valence-electron chi connectivity index (χ1n) is 7.61. The van der Waals surface area contributed by atoms with E-state index in [4.69, 9.17) is 17.3 Å². The fraction of sp³-hybridized carbons (Fsp3) is 0.647. The molecule has 1 saturated carbocycles. The van der Waals surface area contributed by atoms with Crippen LogP contribution in [0.5, 0.6) is 0 Å². The van der Waals surface area contributed by atoms with Gasteiger partial charge in [-0.25, -0.2) is 4.39 Å². The first-order chi connectivity index (χ1) is 9.38. The van der Waals surface area contributed by atoms with E-state index in [0.717, 1.165) is 19.3 Å². The number of hydrogen-bond acceptors (Lipinski definition) is 1. The minimum atomic E-state index is -0.274. The Kier molecular flexibility index (Phi) is 5.09. The van der Waals surface area contributed by atoms with Gasteiger partial charge in [-0.1, -0.05) is 38.3 Å². The quantitative estimate of drug-likeness (QED) is 0.835. The Labute approximate surface area is 126 Å². The number of nitrogens with two attached hydrogens (primary N) is 1. The molecule has 1 fully saturated rings. The molecule has 0 spiro atoms. The summed E-state index contributed by atoms with van der Waals surface area (Å²) < 4.78 is 13.9. The smallest absolute Gasteiger partial charge is 0.126 e. The summed E-state index contributed by atoms with van der Waals surface area (Å²) in [6.45, 7) is 4.51. The van der Waals surface area contributed by atoms with Crippen LogP contribution in [0.25, 0.3) is 0 Å². The van der Waals surface area contributed by atoms with Gasteiger partial charge in [0.25, 0.3) is 0 Å². The maximum atomic E-state index is 13.9. The van der Waals surface area contributed by atoms with Crippen molar-refractivity contribution in [1.82, 2.24) is 0 Å². The molecule has 20 heavy (non-hydrogen) atoms. The Balaban J connectivity index is 2.08. The fourth-order valence-electron chi connectivity index (χ4n) is 3.61. The lowest BCUT2D eigenvalue weighted by Gasteiger charge is -2.39. The van der Waals surface area contributed by atoms with Crippen molar-refractivity contribution < 1.29 is 4.39 Å². The molecule has 3 heteroatoms. The second-order valence-electron chi connectivity index (χ2n) is 6.87. The molecule has 0 bridgehead atoms. The van der Waals surface area contributed by atoms with E-state index < -0.39 is 0 Å². The SMILES string of the molecule is CC(C)CC1CCCC(N)(Cc2cc(Cl)ccc2F)C1. The van der Waals surface area contributed by atoms with Gasteiger partial charge >= 0.3 is 0 Å². The zero-order valence-corrected chi connectivity index (χ0v) is 13.2. The van der Waals surface area contributed by atoms with Crippen molar-refractivity contribution >= 4 is 11.6 Å². The van der Waals surface area contributed by atoms with Gasteiger partial charge in [-0.3, -0.25) is 0 Å². The van der Waals surface area contributed by atoms with E-state index in [1.54, 1.807) is 12.1 Å². The van der Waals surface area contributed by atoms with E-state index >= 15 is 0 Å². The average Bonchev–Trinajstić information content (AvgIpc) is 2.32. The maximum absolute atomic E-state index is 13.9. The van der Waals surface area contributed by atoms with Gasteiger partial charge in [0.15, 0.2) is 0 Å². The number of rotatable bonds is 4. The van der Waals surface area contributed by atoms with E-state index in [1.807, 2.05) is 0 Å². The zero-order valence-electron chi connectivity index (χ0n) is 12.5. The van der Waals surface area contributed by atoms with Crippen molar-refractivity contribution in [3.63, 3.8) is 0 Å². The van der Waals surface area contributed by atoms with E-state index in [2.05, 4.69) is 13.8 Å². The summed E-state index contributed by atoms with van der Waals surface area (Å²) in [4.78, 5) is 0. The lowest BCUT2D eigenvalue weighted by Crippen LogP contribution is -2.46. The first kappa shape index (κ1) is 15.8. The molecule has 0 aliphatic heterocycles. The molecule has 1 aliphatic carbocycles. The van der Waals surface area contributed by atoms with Gasteiger partial charge in [0.1, 0.15) is 5.82 Å². The Hall–Kier alpha value is -0.600. The summed E-state index contributed by atoms with van der Waals surface area (Å²) in [5.41, 5.74) is 6.95. The largest absolute Gasteiger partial charge is 0.325 e. The van der Waals surface area contributed by atoms with E-state index in [9.17, 15) is 4.39 Å². The number of benzene rings is 1. The van der Waals surface area contributed by atoms with E-state index in [0.29, 0.717) is 28.8 Å². The molecule has 2 unspecified atom stereocenters. The molecule has 0 amide bonds. The molecule has 1 aromatic carbocycles. The predicted molar refractivity (Wildman–Crippen MR) is 83.4 cm³/mol. The van der Waals surface area contributed by atoms with Gasteiger partial charge in [0.05, 0.1) is 0 Å². The van der Waals surface area contributed by atoms with Crippen LogP contribution in [0, 0.1) is 17.7 Å². The van der Waals surface area contributed by atoms with E-state index in [1.165, 1.54) is 18.9 Å². The lowest BCUT2D eigenvalue weighted by atomic mass is 9.71. The summed E-state index contributed by atoms with van der Waals surface area (Å²) in [5, 5.41) is 0.583. The van der Waals surface area contributed by atoms with Gasteiger partial charge in [-0.15, -0.1) is 0 Å². The van der Waals surface area contributed by atoms with Gasteiger partial charge in [0, 0.05) is 10.6 Å². The third kappa shape index (κ3) is 4.20. The van der Waals surface area contributed by atoms with Crippen LogP contribution in [-0.2, 0) is 6.42 Å². The topological polar surface area (TPSA) is 26.0 Å². The monoisotopic (exact) mass is 297 g/mol. The molecular weight excluding hydrogens is 273 g/mol. The van der Waals surface area contributed by atoms with Crippen molar-refractivity contribution in [3.05, 3.63) is 34.6 Å². The molecule has 0 heterocycles. The second kappa shape index (κ2) is 6.44. The first-order valence-corrected chi connectivity index (χ1v) is 7.98. The highest BCUT2D eigenvalue weighted by molar-refractivity contribution is 6.30. The molecule has 0 aromatic heterocycles. The summed E-state index contributed by atoms with van der Waals surface area (Å²) in [5.74, 6) is 1.19. The zero-order chi connectivity index (χ0) is 14.8. The molecule has 1 aromatic rings. The summed E-state index contributed by atoms with van der Waals surface area (Å²) in [6.07, 6.45) is 6.20. The highest BCUT2D eigenvalue weighted by Crippen LogP contribution is 2.36. The second-order valence-corrected chi connectivity index (χ2v) is 7.30. The van der Waals surface area contributed by atoms with Crippen molar-refractivity contribution in [1.29, 1.82) is 0 Å². The van der Waals surface area contributed by atoms with Crippen LogP contribution in [0.1, 0.15) is 51.5 Å². The van der Waals surface area contributed by atoms with Crippen LogP contribution in [0.4, 0.5) is 4.39 Å². The Morgan fingerprint density at radius 3 is 2.90 bits per heavy atom. The van der Waals surface area contributed by atoms with Crippen LogP contribution in [0.3, 0.4) is 0 Å². The summed E-state index contributed by atoms with van der Waals surface area (Å²) in [6, 6.07) is 4.75. The van der Waals surface area contributed by atoms with Crippen LogP contribution >= 0.6 is 11.6 Å². The standard InChI is InChI=1S/C17H25ClFN/c1-12(2)8-13-4-3-7-17(20,10-13)11-14-9-15(18)5-6-16(14)19/h5-6,9,12-13H,3-4,7-8,10-11,20H2,1-2H3. The molecule has 112 valence electrons. The van der Waals surface area contributed by atoms with Crippen molar-refractivity contribution in [2.75, 3.05) is 0 Å². The molecule has 2 atom stereocenters. The van der Waals surface area contributed by atoms with Gasteiger partial charge in [0.2, 0.25) is 0 Å². The number of halogens is 2. The Bertz CT molecular complexity index is 460. The molecule has 1 aliphatic rings. The molecule has 1 nitrogen and oxygen atoms in total. The van der Waals surface area contributed by atoms with Gasteiger partial charge in [-0.05, 0) is 61.3 Å². The Morgan fingerprint density at radius 2 is 2.20 bits per heavy atom. The molecule has 0 radical (unpaired) electrons. The van der Waals surface area contributed by atoms with Gasteiger partial charge in [-0.2, -0.15) is 0 Å². The van der Waals surface area contributed by atoms with Crippen LogP contribution in [0.2, 0.25) is 5.02 Å². The summed E-state index contributed by atoms with van der Waals surface area (Å²) >= 11 is 5.97. The molecular formula is C17H25ClFN. The fourth-order valence-corrected chi connectivity index (χ4v) is 3.80. The van der Waals surface area contributed by atoms with Crippen molar-refractivity contribution in [3.8, 4) is 0 Å². The molecule has 2 N–H and O–H groups in total. The third-order valence-electron chi connectivity index (χ3n) is 4.34. The average molecular weight is 298 g/mol. The van der Waals surface area contributed by atoms with Crippen molar-refractivity contribution in [2.45, 2.75) is 57.9 Å². The number of hydrogen-bond donors (Lipinski definition) is 1.